The topological polar surface area (TPSA) is 37.4 Å². The molecule has 1 aliphatic heterocycles. The molecular formula is C22H21NO2. The molecular weight excluding hydrogens is 310 g/mol. The van der Waals surface area contributed by atoms with Crippen LogP contribution in [0.1, 0.15) is 30.9 Å². The Morgan fingerprint density at radius 1 is 0.800 bits per heavy atom. The van der Waals surface area contributed by atoms with Crippen LogP contribution in [0.2, 0.25) is 0 Å². The van der Waals surface area contributed by atoms with Gasteiger partial charge in [-0.1, -0.05) is 60.7 Å². The number of ketones is 2. The average molecular weight is 331 g/mol. The van der Waals surface area contributed by atoms with Gasteiger partial charge in [-0.3, -0.25) is 9.59 Å². The van der Waals surface area contributed by atoms with Gasteiger partial charge in [-0.2, -0.15) is 0 Å². The molecule has 0 amide bonds. The highest BCUT2D eigenvalue weighted by Crippen LogP contribution is 2.36. The zero-order chi connectivity index (χ0) is 17.8. The molecule has 1 aliphatic rings. The lowest BCUT2D eigenvalue weighted by molar-refractivity contribution is -0.114. The van der Waals surface area contributed by atoms with Gasteiger partial charge in [0.2, 0.25) is 0 Å². The van der Waals surface area contributed by atoms with Crippen molar-refractivity contribution in [2.45, 2.75) is 26.3 Å². The molecule has 126 valence electrons. The molecule has 0 unspecified atom stereocenters. The molecule has 0 atom stereocenters. The van der Waals surface area contributed by atoms with E-state index < -0.39 is 0 Å². The number of carbonyl (C=O) groups excluding carboxylic acids is 2. The van der Waals surface area contributed by atoms with Gasteiger partial charge in [0.15, 0.2) is 11.6 Å². The van der Waals surface area contributed by atoms with E-state index in [1.807, 2.05) is 78.0 Å². The normalized spacial score (nSPS) is 14.7. The minimum absolute atomic E-state index is 0.0150. The molecule has 0 saturated carbocycles. The molecule has 0 radical (unpaired) electrons. The van der Waals surface area contributed by atoms with Crippen molar-refractivity contribution in [1.82, 2.24) is 4.90 Å². The second-order valence-corrected chi connectivity index (χ2v) is 6.28. The van der Waals surface area contributed by atoms with Crippen molar-refractivity contribution in [3.05, 3.63) is 95.3 Å². The molecule has 3 heteroatoms. The van der Waals surface area contributed by atoms with Crippen LogP contribution >= 0.6 is 0 Å². The standard InChI is InChI=1S/C22H21NO2/c1-16(24)20-14-23(13-18-9-5-3-6-10-18)15-21(17(2)25)22(20)19-11-7-4-8-12-19/h3-12,14-15,22H,13H2,1-2H3. The average Bonchev–Trinajstić information content (AvgIpc) is 2.62. The van der Waals surface area contributed by atoms with Crippen LogP contribution in [0.5, 0.6) is 0 Å². The molecule has 3 nitrogen and oxygen atoms in total. The first kappa shape index (κ1) is 16.9. The Bertz CT molecular complexity index is 803. The molecule has 0 aromatic heterocycles. The maximum atomic E-state index is 12.3. The molecule has 0 fully saturated rings. The summed E-state index contributed by atoms with van der Waals surface area (Å²) >= 11 is 0. The summed E-state index contributed by atoms with van der Waals surface area (Å²) in [6.45, 7) is 3.74. The monoisotopic (exact) mass is 331 g/mol. The zero-order valence-corrected chi connectivity index (χ0v) is 14.5. The lowest BCUT2D eigenvalue weighted by Crippen LogP contribution is -2.26. The lowest BCUT2D eigenvalue weighted by Gasteiger charge is -2.30. The van der Waals surface area contributed by atoms with Crippen LogP contribution in [0, 0.1) is 0 Å². The van der Waals surface area contributed by atoms with Gasteiger partial charge in [0, 0.05) is 36.0 Å². The highest BCUT2D eigenvalue weighted by atomic mass is 16.1. The maximum absolute atomic E-state index is 12.3. The minimum atomic E-state index is -0.303. The van der Waals surface area contributed by atoms with Gasteiger partial charge in [0.1, 0.15) is 0 Å². The van der Waals surface area contributed by atoms with E-state index >= 15 is 0 Å². The fraction of sp³-hybridized carbons (Fsp3) is 0.182. The predicted octanol–water partition coefficient (Wildman–Crippen LogP) is 4.23. The van der Waals surface area contributed by atoms with Gasteiger partial charge >= 0.3 is 0 Å². The Balaban J connectivity index is 2.02. The fourth-order valence-electron chi connectivity index (χ4n) is 3.19. The van der Waals surface area contributed by atoms with Crippen LogP contribution in [0.3, 0.4) is 0 Å². The molecule has 0 aliphatic carbocycles. The van der Waals surface area contributed by atoms with Gasteiger partial charge in [-0.15, -0.1) is 0 Å². The Morgan fingerprint density at radius 2 is 1.28 bits per heavy atom. The Labute approximate surface area is 148 Å². The van der Waals surface area contributed by atoms with E-state index in [9.17, 15) is 9.59 Å². The first-order valence-corrected chi connectivity index (χ1v) is 8.36. The highest BCUT2D eigenvalue weighted by molar-refractivity contribution is 6.02. The van der Waals surface area contributed by atoms with Gasteiger partial charge in [-0.05, 0) is 25.0 Å². The van der Waals surface area contributed by atoms with Crippen LogP contribution in [0.25, 0.3) is 0 Å². The van der Waals surface area contributed by atoms with Crippen molar-refractivity contribution in [2.75, 3.05) is 0 Å². The lowest BCUT2D eigenvalue weighted by atomic mass is 9.80. The summed E-state index contributed by atoms with van der Waals surface area (Å²) in [5.41, 5.74) is 3.38. The third kappa shape index (κ3) is 3.77. The number of allylic oxidation sites excluding steroid dienone is 2. The van der Waals surface area contributed by atoms with Gasteiger partial charge in [0.25, 0.3) is 0 Å². The first-order chi connectivity index (χ1) is 12.1. The van der Waals surface area contributed by atoms with E-state index in [1.165, 1.54) is 0 Å². The Kier molecular flexibility index (Phi) is 4.94. The largest absolute Gasteiger partial charge is 0.349 e. The van der Waals surface area contributed by atoms with E-state index in [2.05, 4.69) is 0 Å². The molecule has 0 saturated heterocycles. The summed E-state index contributed by atoms with van der Waals surface area (Å²) < 4.78 is 0. The molecule has 0 spiro atoms. The van der Waals surface area contributed by atoms with E-state index in [1.54, 1.807) is 13.8 Å². The van der Waals surface area contributed by atoms with Crippen molar-refractivity contribution in [3.63, 3.8) is 0 Å². The Hall–Kier alpha value is -2.94. The number of benzene rings is 2. The minimum Gasteiger partial charge on any atom is -0.349 e. The van der Waals surface area contributed by atoms with Crippen molar-refractivity contribution in [2.24, 2.45) is 0 Å². The Morgan fingerprint density at radius 3 is 1.76 bits per heavy atom. The second-order valence-electron chi connectivity index (χ2n) is 6.28. The molecule has 0 N–H and O–H groups in total. The second kappa shape index (κ2) is 7.31. The summed E-state index contributed by atoms with van der Waals surface area (Å²) in [7, 11) is 0. The zero-order valence-electron chi connectivity index (χ0n) is 14.5. The number of rotatable bonds is 5. The van der Waals surface area contributed by atoms with Crippen molar-refractivity contribution in [3.8, 4) is 0 Å². The highest BCUT2D eigenvalue weighted by Gasteiger charge is 2.30. The third-order valence-electron chi connectivity index (χ3n) is 4.39. The first-order valence-electron chi connectivity index (χ1n) is 8.36. The molecule has 2 aromatic rings. The smallest absolute Gasteiger partial charge is 0.158 e. The van der Waals surface area contributed by atoms with Crippen LogP contribution in [-0.4, -0.2) is 16.5 Å². The number of Topliss-reactive ketones (excluding diaryl/α,β-unsaturated/α-hetero) is 2. The quantitative estimate of drug-likeness (QED) is 0.823. The molecule has 0 bridgehead atoms. The maximum Gasteiger partial charge on any atom is 0.158 e. The third-order valence-corrected chi connectivity index (χ3v) is 4.39. The van der Waals surface area contributed by atoms with E-state index in [0.29, 0.717) is 17.7 Å². The number of hydrogen-bond donors (Lipinski definition) is 0. The predicted molar refractivity (Wildman–Crippen MR) is 98.7 cm³/mol. The van der Waals surface area contributed by atoms with E-state index in [4.69, 9.17) is 0 Å². The number of carbonyl (C=O) groups is 2. The molecule has 2 aromatic carbocycles. The van der Waals surface area contributed by atoms with Crippen molar-refractivity contribution < 1.29 is 9.59 Å². The summed E-state index contributed by atoms with van der Waals surface area (Å²) in [5, 5.41) is 0. The van der Waals surface area contributed by atoms with E-state index in [-0.39, 0.29) is 17.5 Å². The molecule has 1 heterocycles. The van der Waals surface area contributed by atoms with Crippen LogP contribution in [0.15, 0.2) is 84.2 Å². The van der Waals surface area contributed by atoms with Gasteiger partial charge in [0.05, 0.1) is 0 Å². The molecule has 3 rings (SSSR count). The summed E-state index contributed by atoms with van der Waals surface area (Å²) in [5.74, 6) is -0.333. The summed E-state index contributed by atoms with van der Waals surface area (Å²) in [6.07, 6.45) is 3.75. The number of hydrogen-bond acceptors (Lipinski definition) is 3. The van der Waals surface area contributed by atoms with Gasteiger partial charge < -0.3 is 4.90 Å². The van der Waals surface area contributed by atoms with Gasteiger partial charge in [-0.25, -0.2) is 0 Å². The SMILES string of the molecule is CC(=O)C1=CN(Cc2ccccc2)C=C(C(C)=O)C1c1ccccc1. The van der Waals surface area contributed by atoms with Crippen molar-refractivity contribution in [1.29, 1.82) is 0 Å². The van der Waals surface area contributed by atoms with Crippen LogP contribution in [-0.2, 0) is 16.1 Å². The van der Waals surface area contributed by atoms with Crippen molar-refractivity contribution >= 4 is 11.6 Å². The van der Waals surface area contributed by atoms with E-state index in [0.717, 1.165) is 11.1 Å². The summed E-state index contributed by atoms with van der Waals surface area (Å²) in [4.78, 5) is 26.6. The number of nitrogens with zero attached hydrogens (tertiary/aromatic N) is 1. The van der Waals surface area contributed by atoms with Crippen LogP contribution < -0.4 is 0 Å². The summed E-state index contributed by atoms with van der Waals surface area (Å²) in [6, 6.07) is 19.7. The fourth-order valence-corrected chi connectivity index (χ4v) is 3.19. The van der Waals surface area contributed by atoms with Crippen LogP contribution in [0.4, 0.5) is 0 Å². The molecule has 25 heavy (non-hydrogen) atoms.